The summed E-state index contributed by atoms with van der Waals surface area (Å²) in [4.78, 5) is 10.7. The predicted molar refractivity (Wildman–Crippen MR) is 75.4 cm³/mol. The minimum absolute atomic E-state index is 0.0953. The summed E-state index contributed by atoms with van der Waals surface area (Å²) < 4.78 is 44.9. The highest BCUT2D eigenvalue weighted by Crippen LogP contribution is 2.26. The van der Waals surface area contributed by atoms with Crippen molar-refractivity contribution in [3.63, 3.8) is 0 Å². The van der Waals surface area contributed by atoms with Gasteiger partial charge in [-0.3, -0.25) is 0 Å². The van der Waals surface area contributed by atoms with Gasteiger partial charge in [-0.05, 0) is 5.56 Å². The Balaban J connectivity index is 0.00000116. The Kier molecular flexibility index (Phi) is 6.44. The molecule has 0 aliphatic heterocycles. The first-order valence-corrected chi connectivity index (χ1v) is 6.58. The van der Waals surface area contributed by atoms with Gasteiger partial charge >= 0.3 is 5.97 Å². The van der Waals surface area contributed by atoms with E-state index >= 15 is 0 Å². The molecule has 0 heterocycles. The van der Waals surface area contributed by atoms with E-state index in [4.69, 9.17) is 9.84 Å². The van der Waals surface area contributed by atoms with Crippen molar-refractivity contribution in [1.29, 1.82) is 0 Å². The van der Waals surface area contributed by atoms with Crippen LogP contribution >= 0.6 is 0 Å². The zero-order valence-electron chi connectivity index (χ0n) is 12.1. The molecular formula is C16H15F3O3. The molecule has 0 spiro atoms. The normalized spacial score (nSPS) is 9.68. The fourth-order valence-corrected chi connectivity index (χ4v) is 1.58. The summed E-state index contributed by atoms with van der Waals surface area (Å²) in [7, 11) is 0. The van der Waals surface area contributed by atoms with Crippen LogP contribution in [0.3, 0.4) is 0 Å². The molecule has 2 aromatic rings. The van der Waals surface area contributed by atoms with Crippen LogP contribution in [0.5, 0.6) is 5.75 Å². The molecule has 22 heavy (non-hydrogen) atoms. The molecular weight excluding hydrogens is 297 g/mol. The zero-order valence-corrected chi connectivity index (χ0v) is 12.1. The molecule has 2 aromatic carbocycles. The first-order chi connectivity index (χ1) is 10.5. The van der Waals surface area contributed by atoms with Gasteiger partial charge in [-0.15, -0.1) is 0 Å². The number of hydrogen-bond donors (Lipinski definition) is 1. The van der Waals surface area contributed by atoms with Crippen molar-refractivity contribution in [3.05, 3.63) is 65.0 Å². The number of carbonyl (C=O) groups is 1. The van der Waals surface area contributed by atoms with Crippen LogP contribution in [0.25, 0.3) is 0 Å². The number of hydrogen-bond acceptors (Lipinski definition) is 2. The monoisotopic (exact) mass is 312 g/mol. The van der Waals surface area contributed by atoms with E-state index < -0.39 is 34.7 Å². The summed E-state index contributed by atoms with van der Waals surface area (Å²) in [5, 5.41) is 8.71. The minimum Gasteiger partial charge on any atom is -0.486 e. The average Bonchev–Trinajstić information content (AvgIpc) is 2.54. The van der Waals surface area contributed by atoms with Crippen LogP contribution in [0.4, 0.5) is 13.2 Å². The van der Waals surface area contributed by atoms with Gasteiger partial charge in [-0.1, -0.05) is 44.2 Å². The number of aromatic carboxylic acids is 1. The van der Waals surface area contributed by atoms with E-state index in [1.54, 1.807) is 30.3 Å². The molecule has 118 valence electrons. The largest absolute Gasteiger partial charge is 0.486 e. The predicted octanol–water partition coefficient (Wildman–Crippen LogP) is 4.41. The lowest BCUT2D eigenvalue weighted by atomic mass is 10.2. The number of rotatable bonds is 4. The molecule has 1 N–H and O–H groups in total. The van der Waals surface area contributed by atoms with E-state index in [0.717, 1.165) is 0 Å². The van der Waals surface area contributed by atoms with E-state index in [9.17, 15) is 18.0 Å². The molecule has 0 bridgehead atoms. The van der Waals surface area contributed by atoms with E-state index in [2.05, 4.69) is 0 Å². The molecule has 0 aliphatic rings. The van der Waals surface area contributed by atoms with Gasteiger partial charge in [0.25, 0.3) is 0 Å². The Morgan fingerprint density at radius 3 is 2.18 bits per heavy atom. The number of halogens is 3. The minimum atomic E-state index is -1.87. The standard InChI is InChI=1S/C14H9F3O3.C2H6/c15-11-9(14(18)19)6-10(12(16)13(11)17)20-7-8-4-2-1-3-5-8;1-2/h1-6H,7H2,(H,18,19);1-2H3. The third-order valence-electron chi connectivity index (χ3n) is 2.58. The molecule has 0 atom stereocenters. The highest BCUT2D eigenvalue weighted by Gasteiger charge is 2.23. The topological polar surface area (TPSA) is 46.5 Å². The van der Waals surface area contributed by atoms with Crippen molar-refractivity contribution in [2.75, 3.05) is 0 Å². The van der Waals surface area contributed by atoms with Gasteiger partial charge in [0.05, 0.1) is 0 Å². The third-order valence-corrected chi connectivity index (χ3v) is 2.58. The molecule has 0 saturated heterocycles. The van der Waals surface area contributed by atoms with Gasteiger partial charge in [0.15, 0.2) is 17.4 Å². The Morgan fingerprint density at radius 1 is 1.05 bits per heavy atom. The maximum Gasteiger partial charge on any atom is 0.338 e. The van der Waals surface area contributed by atoms with Crippen LogP contribution in [0.15, 0.2) is 36.4 Å². The first kappa shape index (κ1) is 17.6. The molecule has 0 unspecified atom stereocenters. The molecule has 0 amide bonds. The summed E-state index contributed by atoms with van der Waals surface area (Å²) in [5.41, 5.74) is -0.305. The Hall–Kier alpha value is -2.50. The lowest BCUT2D eigenvalue weighted by Crippen LogP contribution is -2.08. The molecule has 3 nitrogen and oxygen atoms in total. The van der Waals surface area contributed by atoms with Crippen LogP contribution in [0.1, 0.15) is 29.8 Å². The molecule has 2 rings (SSSR count). The number of ether oxygens (including phenoxy) is 1. The highest BCUT2D eigenvalue weighted by molar-refractivity contribution is 5.88. The van der Waals surface area contributed by atoms with E-state index in [-0.39, 0.29) is 6.61 Å². The summed E-state index contributed by atoms with van der Waals surface area (Å²) in [5.74, 6) is -7.52. The number of carboxylic acid groups (broad SMARTS) is 1. The van der Waals surface area contributed by atoms with Crippen LogP contribution < -0.4 is 4.74 Å². The van der Waals surface area contributed by atoms with Crippen molar-refractivity contribution in [1.82, 2.24) is 0 Å². The molecule has 0 saturated carbocycles. The Labute approximate surface area is 126 Å². The molecule has 0 radical (unpaired) electrons. The van der Waals surface area contributed by atoms with Gasteiger partial charge in [-0.2, -0.15) is 4.39 Å². The fraction of sp³-hybridized carbons (Fsp3) is 0.188. The zero-order chi connectivity index (χ0) is 16.7. The Morgan fingerprint density at radius 2 is 1.64 bits per heavy atom. The Bertz CT molecular complexity index is 643. The summed E-state index contributed by atoms with van der Waals surface area (Å²) in [6.07, 6.45) is 0. The van der Waals surface area contributed by atoms with Crippen molar-refractivity contribution in [3.8, 4) is 5.75 Å². The molecule has 0 aliphatic carbocycles. The smallest absolute Gasteiger partial charge is 0.338 e. The average molecular weight is 312 g/mol. The van der Waals surface area contributed by atoms with Gasteiger partial charge in [-0.25, -0.2) is 13.6 Å². The second-order valence-corrected chi connectivity index (χ2v) is 3.94. The van der Waals surface area contributed by atoms with Crippen LogP contribution in [0, 0.1) is 17.5 Å². The fourth-order valence-electron chi connectivity index (χ4n) is 1.58. The third kappa shape index (κ3) is 4.00. The van der Waals surface area contributed by atoms with Crippen molar-refractivity contribution < 1.29 is 27.8 Å². The van der Waals surface area contributed by atoms with E-state index in [1.165, 1.54) is 0 Å². The van der Waals surface area contributed by atoms with Gasteiger partial charge in [0.1, 0.15) is 12.2 Å². The van der Waals surface area contributed by atoms with E-state index in [0.29, 0.717) is 11.6 Å². The summed E-state index contributed by atoms with van der Waals surface area (Å²) >= 11 is 0. The van der Waals surface area contributed by atoms with Crippen LogP contribution in [-0.2, 0) is 6.61 Å². The molecule has 0 aromatic heterocycles. The number of carboxylic acids is 1. The number of benzene rings is 2. The van der Waals surface area contributed by atoms with Crippen molar-refractivity contribution >= 4 is 5.97 Å². The maximum atomic E-state index is 13.5. The SMILES string of the molecule is CC.O=C(O)c1cc(OCc2ccccc2)c(F)c(F)c1F. The van der Waals surface area contributed by atoms with Gasteiger partial charge in [0.2, 0.25) is 5.82 Å². The second kappa shape index (κ2) is 8.07. The van der Waals surface area contributed by atoms with Crippen molar-refractivity contribution in [2.45, 2.75) is 20.5 Å². The van der Waals surface area contributed by atoms with Gasteiger partial charge < -0.3 is 9.84 Å². The highest BCUT2D eigenvalue weighted by atomic mass is 19.2. The first-order valence-electron chi connectivity index (χ1n) is 6.58. The lowest BCUT2D eigenvalue weighted by Gasteiger charge is -2.09. The summed E-state index contributed by atoms with van der Waals surface area (Å²) in [6.45, 7) is 3.90. The molecule has 6 heteroatoms. The van der Waals surface area contributed by atoms with Crippen molar-refractivity contribution in [2.24, 2.45) is 0 Å². The van der Waals surface area contributed by atoms with E-state index in [1.807, 2.05) is 13.8 Å². The van der Waals surface area contributed by atoms with Gasteiger partial charge in [0, 0.05) is 6.07 Å². The van der Waals surface area contributed by atoms with Crippen LogP contribution in [0.2, 0.25) is 0 Å². The molecule has 0 fully saturated rings. The second-order valence-electron chi connectivity index (χ2n) is 3.94. The van der Waals surface area contributed by atoms with Crippen LogP contribution in [-0.4, -0.2) is 11.1 Å². The lowest BCUT2D eigenvalue weighted by molar-refractivity contribution is 0.0689. The quantitative estimate of drug-likeness (QED) is 0.851. The summed E-state index contributed by atoms with van der Waals surface area (Å²) in [6, 6.07) is 9.22. The maximum absolute atomic E-state index is 13.5.